The molecule has 0 saturated carbocycles. The first-order valence-corrected chi connectivity index (χ1v) is 12.1. The van der Waals surface area contributed by atoms with Gasteiger partial charge in [0, 0.05) is 12.1 Å². The number of aryl methyl sites for hydroxylation is 3. The summed E-state index contributed by atoms with van der Waals surface area (Å²) in [5.41, 5.74) is 2.20. The number of carboxylic acid groups (broad SMARTS) is 1. The van der Waals surface area contributed by atoms with Gasteiger partial charge in [-0.15, -0.1) is 0 Å². The lowest BCUT2D eigenvalue weighted by atomic mass is 10.0. The van der Waals surface area contributed by atoms with Gasteiger partial charge in [-0.2, -0.15) is 4.57 Å². The third-order valence-corrected chi connectivity index (χ3v) is 6.19. The summed E-state index contributed by atoms with van der Waals surface area (Å²) in [6, 6.07) is 12.0. The lowest BCUT2D eigenvalue weighted by Gasteiger charge is -2.29. The second-order valence-electron chi connectivity index (χ2n) is 8.17. The molecule has 11 heteroatoms. The molecule has 0 radical (unpaired) electrons. The zero-order valence-electron chi connectivity index (χ0n) is 19.7. The largest absolute Gasteiger partial charge is 0.780 e. The molecule has 4 aromatic rings. The van der Waals surface area contributed by atoms with Gasteiger partial charge in [0.05, 0.1) is 29.0 Å². The number of carbonyl (C=O) groups is 2. The number of hydrogen-bond acceptors (Lipinski definition) is 8. The maximum atomic E-state index is 13.7. The first-order valence-electron chi connectivity index (χ1n) is 10.6. The highest BCUT2D eigenvalue weighted by Crippen LogP contribution is 2.35. The summed E-state index contributed by atoms with van der Waals surface area (Å²) in [6.45, 7) is 3.25. The number of phosphoric ester groups is 1. The van der Waals surface area contributed by atoms with Crippen molar-refractivity contribution in [1.82, 2.24) is 0 Å². The van der Waals surface area contributed by atoms with Crippen LogP contribution in [0.2, 0.25) is 0 Å². The summed E-state index contributed by atoms with van der Waals surface area (Å²) in [5, 5.41) is 10.0. The molecule has 3 aromatic carbocycles. The molecule has 36 heavy (non-hydrogen) atoms. The van der Waals surface area contributed by atoms with Crippen molar-refractivity contribution in [2.75, 3.05) is 7.11 Å². The summed E-state index contributed by atoms with van der Waals surface area (Å²) in [7, 11) is -2.11. The molecule has 0 bridgehead atoms. The number of pyridine rings is 1. The Labute approximate surface area is 205 Å². The molecule has 0 saturated heterocycles. The fourth-order valence-corrected chi connectivity index (χ4v) is 4.57. The van der Waals surface area contributed by atoms with Crippen molar-refractivity contribution in [3.05, 3.63) is 70.8 Å². The van der Waals surface area contributed by atoms with Crippen molar-refractivity contribution in [3.8, 4) is 17.2 Å². The summed E-state index contributed by atoms with van der Waals surface area (Å²) in [5.74, 6) is -1.49. The Morgan fingerprint density at radius 1 is 0.917 bits per heavy atom. The number of hydrogen-bond donors (Lipinski definition) is 1. The van der Waals surface area contributed by atoms with E-state index in [1.165, 1.54) is 37.4 Å². The number of methoxy groups -OCH3 is 1. The van der Waals surface area contributed by atoms with Crippen molar-refractivity contribution in [3.63, 3.8) is 0 Å². The highest BCUT2D eigenvalue weighted by atomic mass is 31.2. The predicted molar refractivity (Wildman–Crippen MR) is 125 cm³/mol. The summed E-state index contributed by atoms with van der Waals surface area (Å²) in [6.07, 6.45) is 0. The lowest BCUT2D eigenvalue weighted by Crippen LogP contribution is -2.31. The standard InChI is InChI=1S/C25H22NO9P/c1-13-9-15(24(27)28)10-14(2)23(13)34-25(29)22-18-11-16(33-4)5-7-20(18)26(3)21-8-6-17(12-19(21)22)35-36(30,31)32/h5-12H,1-4H3,(H2-,27,28,30,31,32)/p-1. The Morgan fingerprint density at radius 3 is 1.94 bits per heavy atom. The van der Waals surface area contributed by atoms with Crippen LogP contribution in [0.3, 0.4) is 0 Å². The molecule has 0 aliphatic carbocycles. The summed E-state index contributed by atoms with van der Waals surface area (Å²) in [4.78, 5) is 47.5. The average molecular weight is 510 g/mol. The maximum absolute atomic E-state index is 13.7. The molecule has 0 aliphatic rings. The van der Waals surface area contributed by atoms with E-state index in [2.05, 4.69) is 4.52 Å². The number of carboxylic acids is 1. The molecule has 1 heterocycles. The smallest absolute Gasteiger partial charge is 0.345 e. The number of ether oxygens (including phenoxy) is 2. The third-order valence-electron chi connectivity index (χ3n) is 5.76. The minimum atomic E-state index is -5.35. The SMILES string of the molecule is COc1ccc2c(c1)c(C(=O)Oc1c(C)cc(C(=O)O)cc1C)c1cc(OP(=O)([O-])[O-])ccc1[n+]2C. The van der Waals surface area contributed by atoms with Gasteiger partial charge < -0.3 is 33.5 Å². The van der Waals surface area contributed by atoms with Crippen LogP contribution in [0.25, 0.3) is 21.8 Å². The monoisotopic (exact) mass is 510 g/mol. The average Bonchev–Trinajstić information content (AvgIpc) is 2.79. The van der Waals surface area contributed by atoms with Gasteiger partial charge in [-0.25, -0.2) is 9.59 Å². The Hall–Kier alpha value is -3.98. The Kier molecular flexibility index (Phi) is 6.44. The van der Waals surface area contributed by atoms with Gasteiger partial charge in [-0.05, 0) is 61.4 Å². The van der Waals surface area contributed by atoms with Crippen molar-refractivity contribution in [2.24, 2.45) is 7.05 Å². The molecule has 0 spiro atoms. The highest BCUT2D eigenvalue weighted by Gasteiger charge is 2.26. The minimum absolute atomic E-state index is 0.0543. The van der Waals surface area contributed by atoms with Gasteiger partial charge in [0.25, 0.3) is 0 Å². The van der Waals surface area contributed by atoms with E-state index in [1.807, 2.05) is 0 Å². The molecule has 1 N–H and O–H groups in total. The topological polar surface area (TPSA) is 149 Å². The quantitative estimate of drug-likeness (QED) is 0.136. The number of nitrogens with zero attached hydrogens (tertiary/aromatic N) is 1. The van der Waals surface area contributed by atoms with Gasteiger partial charge in [0.1, 0.15) is 32.1 Å². The van der Waals surface area contributed by atoms with Crippen LogP contribution < -0.4 is 28.4 Å². The lowest BCUT2D eigenvalue weighted by molar-refractivity contribution is -0.617. The summed E-state index contributed by atoms with van der Waals surface area (Å²) < 4.78 is 28.6. The minimum Gasteiger partial charge on any atom is -0.780 e. The van der Waals surface area contributed by atoms with Crippen LogP contribution in [0.5, 0.6) is 17.2 Å². The summed E-state index contributed by atoms with van der Waals surface area (Å²) >= 11 is 0. The molecule has 0 aliphatic heterocycles. The fraction of sp³-hybridized carbons (Fsp3) is 0.160. The number of carbonyl (C=O) groups excluding carboxylic acids is 1. The van der Waals surface area contributed by atoms with E-state index in [0.717, 1.165) is 0 Å². The number of benzene rings is 3. The van der Waals surface area contributed by atoms with Crippen molar-refractivity contribution >= 4 is 41.6 Å². The van der Waals surface area contributed by atoms with E-state index >= 15 is 0 Å². The molecule has 10 nitrogen and oxygen atoms in total. The van der Waals surface area contributed by atoms with E-state index < -0.39 is 19.8 Å². The van der Waals surface area contributed by atoms with Crippen LogP contribution in [0.1, 0.15) is 31.8 Å². The molecular formula is C25H21NO9P-. The van der Waals surface area contributed by atoms with Gasteiger partial charge in [0.2, 0.25) is 11.0 Å². The number of fused-ring (bicyclic) bond motifs is 2. The molecule has 1 aromatic heterocycles. The van der Waals surface area contributed by atoms with E-state index in [9.17, 15) is 29.0 Å². The van der Waals surface area contributed by atoms with Gasteiger partial charge in [-0.1, -0.05) is 0 Å². The molecule has 4 rings (SSSR count). The van der Waals surface area contributed by atoms with Gasteiger partial charge >= 0.3 is 11.9 Å². The maximum Gasteiger partial charge on any atom is 0.345 e. The van der Waals surface area contributed by atoms with Crippen molar-refractivity contribution in [2.45, 2.75) is 13.8 Å². The second kappa shape index (κ2) is 9.23. The van der Waals surface area contributed by atoms with Crippen LogP contribution in [-0.4, -0.2) is 24.2 Å². The van der Waals surface area contributed by atoms with Crippen LogP contribution >= 0.6 is 7.82 Å². The van der Waals surface area contributed by atoms with Crippen molar-refractivity contribution in [1.29, 1.82) is 0 Å². The Bertz CT molecular complexity index is 1580. The van der Waals surface area contributed by atoms with Gasteiger partial charge in [-0.3, -0.25) is 0 Å². The van der Waals surface area contributed by atoms with Crippen molar-refractivity contribution < 1.29 is 47.6 Å². The predicted octanol–water partition coefficient (Wildman–Crippen LogP) is 2.57. The normalized spacial score (nSPS) is 11.5. The Morgan fingerprint density at radius 2 is 1.44 bits per heavy atom. The molecule has 0 atom stereocenters. The fourth-order valence-electron chi connectivity index (χ4n) is 4.20. The zero-order valence-corrected chi connectivity index (χ0v) is 20.6. The van der Waals surface area contributed by atoms with Crippen LogP contribution in [-0.2, 0) is 11.6 Å². The molecule has 0 fully saturated rings. The van der Waals surface area contributed by atoms with E-state index in [-0.39, 0.29) is 28.0 Å². The number of aromatic carboxylic acids is 1. The van der Waals surface area contributed by atoms with E-state index in [0.29, 0.717) is 33.3 Å². The molecular weight excluding hydrogens is 489 g/mol. The number of phosphoric acid groups is 1. The molecule has 0 amide bonds. The number of aromatic nitrogens is 1. The van der Waals surface area contributed by atoms with Crippen LogP contribution in [0.15, 0.2) is 48.5 Å². The van der Waals surface area contributed by atoms with Crippen LogP contribution in [0.4, 0.5) is 0 Å². The van der Waals surface area contributed by atoms with Crippen LogP contribution in [0, 0.1) is 13.8 Å². The Balaban J connectivity index is 1.98. The molecule has 0 unspecified atom stereocenters. The third kappa shape index (κ3) is 4.74. The first kappa shape index (κ1) is 25.1. The van der Waals surface area contributed by atoms with E-state index in [4.69, 9.17) is 9.47 Å². The molecule has 186 valence electrons. The second-order valence-corrected chi connectivity index (χ2v) is 9.25. The van der Waals surface area contributed by atoms with E-state index in [1.54, 1.807) is 43.7 Å². The number of rotatable bonds is 6. The number of esters is 1. The van der Waals surface area contributed by atoms with Gasteiger partial charge in [0.15, 0.2) is 0 Å². The highest BCUT2D eigenvalue weighted by molar-refractivity contribution is 7.43. The first-order chi connectivity index (χ1) is 16.9. The zero-order chi connectivity index (χ0) is 26.4.